The summed E-state index contributed by atoms with van der Waals surface area (Å²) in [7, 11) is 0. The summed E-state index contributed by atoms with van der Waals surface area (Å²) in [6.45, 7) is 0. The van der Waals surface area contributed by atoms with Crippen LogP contribution in [0.4, 0.5) is 0 Å². The summed E-state index contributed by atoms with van der Waals surface area (Å²) < 4.78 is 0.489. The van der Waals surface area contributed by atoms with Gasteiger partial charge in [0.15, 0.2) is 3.95 Å². The number of rotatable bonds is 2. The van der Waals surface area contributed by atoms with Crippen LogP contribution in [-0.2, 0) is 0 Å². The van der Waals surface area contributed by atoms with Gasteiger partial charge in [0.2, 0.25) is 0 Å². The molecule has 0 aliphatic carbocycles. The summed E-state index contributed by atoms with van der Waals surface area (Å²) in [6.07, 6.45) is 0. The SMILES string of the molecule is O=C(O)c1[nH]c(=S)sc1-c1ccsc1. The van der Waals surface area contributed by atoms with Gasteiger partial charge in [-0.25, -0.2) is 4.79 Å². The lowest BCUT2D eigenvalue weighted by atomic mass is 10.2. The van der Waals surface area contributed by atoms with Crippen molar-refractivity contribution in [2.75, 3.05) is 0 Å². The van der Waals surface area contributed by atoms with Crippen molar-refractivity contribution in [1.29, 1.82) is 0 Å². The van der Waals surface area contributed by atoms with E-state index in [1.165, 1.54) is 22.7 Å². The fraction of sp³-hybridized carbons (Fsp3) is 0. The number of carbonyl (C=O) groups is 1. The molecule has 0 saturated heterocycles. The van der Waals surface area contributed by atoms with Crippen LogP contribution in [0.5, 0.6) is 0 Å². The smallest absolute Gasteiger partial charge is 0.353 e. The van der Waals surface area contributed by atoms with E-state index in [0.29, 0.717) is 8.83 Å². The lowest BCUT2D eigenvalue weighted by Crippen LogP contribution is -1.97. The van der Waals surface area contributed by atoms with E-state index >= 15 is 0 Å². The topological polar surface area (TPSA) is 53.1 Å². The van der Waals surface area contributed by atoms with Gasteiger partial charge in [0.05, 0.1) is 4.88 Å². The first-order valence-corrected chi connectivity index (χ1v) is 5.84. The molecule has 2 heterocycles. The first-order valence-electron chi connectivity index (χ1n) is 3.67. The second kappa shape index (κ2) is 3.64. The van der Waals surface area contributed by atoms with Crippen molar-refractivity contribution in [3.63, 3.8) is 0 Å². The quantitative estimate of drug-likeness (QED) is 0.796. The molecule has 0 aliphatic heterocycles. The zero-order valence-electron chi connectivity index (χ0n) is 6.81. The maximum atomic E-state index is 10.9. The monoisotopic (exact) mass is 243 g/mol. The summed E-state index contributed by atoms with van der Waals surface area (Å²) in [4.78, 5) is 14.2. The Kier molecular flexibility index (Phi) is 2.49. The zero-order valence-corrected chi connectivity index (χ0v) is 9.26. The molecule has 0 fully saturated rings. The molecular formula is C8H5NO2S3. The van der Waals surface area contributed by atoms with Crippen LogP contribution >= 0.6 is 34.9 Å². The number of aromatic amines is 1. The molecule has 0 radical (unpaired) electrons. The summed E-state index contributed by atoms with van der Waals surface area (Å²) in [5.74, 6) is -0.974. The Hall–Kier alpha value is -0.980. The third kappa shape index (κ3) is 1.63. The van der Waals surface area contributed by atoms with E-state index in [0.717, 1.165) is 5.56 Å². The number of thiazole rings is 1. The maximum Gasteiger partial charge on any atom is 0.353 e. The van der Waals surface area contributed by atoms with Crippen LogP contribution < -0.4 is 0 Å². The molecular weight excluding hydrogens is 238 g/mol. The Morgan fingerprint density at radius 2 is 2.36 bits per heavy atom. The fourth-order valence-electron chi connectivity index (χ4n) is 1.08. The summed E-state index contributed by atoms with van der Waals surface area (Å²) in [5.41, 5.74) is 1.09. The van der Waals surface area contributed by atoms with Gasteiger partial charge in [0, 0.05) is 5.56 Å². The van der Waals surface area contributed by atoms with Crippen molar-refractivity contribution in [1.82, 2.24) is 4.98 Å². The van der Waals surface area contributed by atoms with E-state index in [9.17, 15) is 4.79 Å². The minimum atomic E-state index is -0.974. The minimum Gasteiger partial charge on any atom is -0.477 e. The molecule has 0 spiro atoms. The van der Waals surface area contributed by atoms with Crippen molar-refractivity contribution >= 4 is 40.9 Å². The minimum absolute atomic E-state index is 0.179. The highest BCUT2D eigenvalue weighted by Crippen LogP contribution is 2.30. The molecule has 0 aromatic carbocycles. The number of aromatic carboxylic acids is 1. The predicted molar refractivity (Wildman–Crippen MR) is 59.8 cm³/mol. The van der Waals surface area contributed by atoms with Gasteiger partial charge in [-0.05, 0) is 29.0 Å². The second-order valence-electron chi connectivity index (χ2n) is 2.54. The lowest BCUT2D eigenvalue weighted by Gasteiger charge is -1.93. The Morgan fingerprint density at radius 3 is 2.93 bits per heavy atom. The zero-order chi connectivity index (χ0) is 10.1. The van der Waals surface area contributed by atoms with E-state index in [4.69, 9.17) is 17.3 Å². The number of carboxylic acid groups (broad SMARTS) is 1. The van der Waals surface area contributed by atoms with E-state index in [2.05, 4.69) is 4.98 Å². The van der Waals surface area contributed by atoms with Crippen LogP contribution in [0.2, 0.25) is 0 Å². The molecule has 0 bridgehead atoms. The number of carboxylic acids is 1. The molecule has 0 aliphatic rings. The Labute approximate surface area is 92.7 Å². The number of hydrogen-bond acceptors (Lipinski definition) is 4. The summed E-state index contributed by atoms with van der Waals surface area (Å²) >= 11 is 7.73. The maximum absolute atomic E-state index is 10.9. The summed E-state index contributed by atoms with van der Waals surface area (Å²) in [5, 5.41) is 12.7. The molecule has 0 amide bonds. The van der Waals surface area contributed by atoms with Gasteiger partial charge in [-0.2, -0.15) is 11.3 Å². The predicted octanol–water partition coefficient (Wildman–Crippen LogP) is 3.23. The Balaban J connectivity index is 2.63. The van der Waals surface area contributed by atoms with Crippen LogP contribution in [0.15, 0.2) is 16.8 Å². The average molecular weight is 243 g/mol. The lowest BCUT2D eigenvalue weighted by molar-refractivity contribution is 0.0692. The number of hydrogen-bond donors (Lipinski definition) is 2. The first kappa shape index (κ1) is 9.57. The first-order chi connectivity index (χ1) is 6.68. The molecule has 2 rings (SSSR count). The second-order valence-corrected chi connectivity index (χ2v) is 5.00. The van der Waals surface area contributed by atoms with Gasteiger partial charge in [0.25, 0.3) is 0 Å². The van der Waals surface area contributed by atoms with Crippen molar-refractivity contribution in [3.05, 3.63) is 26.5 Å². The average Bonchev–Trinajstić information content (AvgIpc) is 2.70. The van der Waals surface area contributed by atoms with E-state index < -0.39 is 5.97 Å². The molecule has 3 nitrogen and oxygen atoms in total. The molecule has 0 atom stereocenters. The number of aromatic nitrogens is 1. The van der Waals surface area contributed by atoms with Gasteiger partial charge >= 0.3 is 5.97 Å². The number of nitrogens with one attached hydrogen (secondary N) is 1. The molecule has 2 aromatic heterocycles. The van der Waals surface area contributed by atoms with Gasteiger partial charge in [-0.15, -0.1) is 11.3 Å². The van der Waals surface area contributed by atoms with E-state index in [-0.39, 0.29) is 5.69 Å². The molecule has 2 aromatic rings. The van der Waals surface area contributed by atoms with E-state index in [1.807, 2.05) is 16.8 Å². The highest BCUT2D eigenvalue weighted by Gasteiger charge is 2.14. The van der Waals surface area contributed by atoms with Crippen LogP contribution in [0.25, 0.3) is 10.4 Å². The Bertz CT molecular complexity index is 509. The molecule has 14 heavy (non-hydrogen) atoms. The molecule has 6 heteroatoms. The molecule has 0 unspecified atom stereocenters. The highest BCUT2D eigenvalue weighted by molar-refractivity contribution is 7.73. The highest BCUT2D eigenvalue weighted by atomic mass is 32.1. The largest absolute Gasteiger partial charge is 0.477 e. The van der Waals surface area contributed by atoms with Gasteiger partial charge < -0.3 is 10.1 Å². The van der Waals surface area contributed by atoms with Crippen molar-refractivity contribution < 1.29 is 9.90 Å². The molecule has 2 N–H and O–H groups in total. The molecule has 0 saturated carbocycles. The standard InChI is InChI=1S/C8H5NO2S3/c10-7(11)5-6(14-8(12)9-5)4-1-2-13-3-4/h1-3H,(H,9,12)(H,10,11). The van der Waals surface area contributed by atoms with Gasteiger partial charge in [-0.3, -0.25) is 0 Å². The van der Waals surface area contributed by atoms with E-state index in [1.54, 1.807) is 0 Å². The third-order valence-corrected chi connectivity index (χ3v) is 3.61. The van der Waals surface area contributed by atoms with Crippen molar-refractivity contribution in [2.45, 2.75) is 0 Å². The summed E-state index contributed by atoms with van der Waals surface area (Å²) in [6, 6.07) is 1.88. The number of thiophene rings is 1. The van der Waals surface area contributed by atoms with Crippen LogP contribution in [-0.4, -0.2) is 16.1 Å². The normalized spacial score (nSPS) is 10.3. The van der Waals surface area contributed by atoms with Crippen molar-refractivity contribution in [2.24, 2.45) is 0 Å². The van der Waals surface area contributed by atoms with Gasteiger partial charge in [-0.1, -0.05) is 0 Å². The van der Waals surface area contributed by atoms with Crippen molar-refractivity contribution in [3.8, 4) is 10.4 Å². The van der Waals surface area contributed by atoms with Crippen LogP contribution in [0, 0.1) is 3.95 Å². The van der Waals surface area contributed by atoms with Crippen LogP contribution in [0.1, 0.15) is 10.5 Å². The Morgan fingerprint density at radius 1 is 1.57 bits per heavy atom. The van der Waals surface area contributed by atoms with Gasteiger partial charge in [0.1, 0.15) is 5.69 Å². The van der Waals surface area contributed by atoms with Crippen LogP contribution in [0.3, 0.4) is 0 Å². The third-order valence-electron chi connectivity index (χ3n) is 1.65. The molecule has 72 valence electrons. The number of H-pyrrole nitrogens is 1. The fourth-order valence-corrected chi connectivity index (χ4v) is 2.97.